The van der Waals surface area contributed by atoms with Gasteiger partial charge in [0.1, 0.15) is 11.5 Å². The number of nitrogens with one attached hydrogen (secondary N) is 1. The standard InChI is InChI=1S/C23H24N6O/c1-14-4-5-20(26-11-14)28-18-9-16-10-19(18)29(13-16)23(30)21-17(8-15(2)12-27-21)22-24-6-3-7-25-22/h3-8,11-12,16,18-19H,9-10,13H2,1-2H3,(H,26,28). The van der Waals surface area contributed by atoms with E-state index < -0.39 is 0 Å². The van der Waals surface area contributed by atoms with Gasteiger partial charge in [0.2, 0.25) is 0 Å². The molecule has 0 radical (unpaired) electrons. The Kier molecular flexibility index (Phi) is 4.65. The predicted octanol–water partition coefficient (Wildman–Crippen LogP) is 3.27. The molecule has 2 fully saturated rings. The van der Waals surface area contributed by atoms with Gasteiger partial charge in [-0.05, 0) is 61.9 Å². The first kappa shape index (κ1) is 18.7. The lowest BCUT2D eigenvalue weighted by atomic mass is 10.0. The molecule has 1 amide bonds. The molecule has 1 N–H and O–H groups in total. The van der Waals surface area contributed by atoms with Crippen molar-refractivity contribution < 1.29 is 4.79 Å². The van der Waals surface area contributed by atoms with E-state index in [0.717, 1.165) is 36.3 Å². The number of hydrogen-bond donors (Lipinski definition) is 1. The Morgan fingerprint density at radius 1 is 1.03 bits per heavy atom. The highest BCUT2D eigenvalue weighted by atomic mass is 16.2. The number of rotatable bonds is 4. The molecule has 1 aliphatic carbocycles. The Hall–Kier alpha value is -3.35. The molecule has 1 aliphatic heterocycles. The molecule has 3 unspecified atom stereocenters. The maximum atomic E-state index is 13.5. The van der Waals surface area contributed by atoms with Crippen LogP contribution < -0.4 is 5.32 Å². The molecule has 4 heterocycles. The molecule has 0 aromatic carbocycles. The Labute approximate surface area is 175 Å². The van der Waals surface area contributed by atoms with Crippen molar-refractivity contribution in [1.82, 2.24) is 24.8 Å². The average Bonchev–Trinajstić information content (AvgIpc) is 3.36. The minimum atomic E-state index is -0.0479. The molecule has 1 saturated heterocycles. The number of aryl methyl sites for hydroxylation is 2. The van der Waals surface area contributed by atoms with Crippen molar-refractivity contribution in [3.8, 4) is 11.4 Å². The lowest BCUT2D eigenvalue weighted by molar-refractivity contribution is 0.0687. The molecule has 7 nitrogen and oxygen atoms in total. The van der Waals surface area contributed by atoms with Crippen molar-refractivity contribution in [2.75, 3.05) is 11.9 Å². The molecule has 30 heavy (non-hydrogen) atoms. The SMILES string of the molecule is Cc1ccc(NC2CC3CC2N(C(=O)c2ncc(C)cc2-c2ncccn2)C3)nc1. The summed E-state index contributed by atoms with van der Waals surface area (Å²) in [5, 5.41) is 3.54. The Morgan fingerprint density at radius 2 is 1.83 bits per heavy atom. The van der Waals surface area contributed by atoms with Crippen LogP contribution in [0.15, 0.2) is 49.1 Å². The van der Waals surface area contributed by atoms with Gasteiger partial charge in [0.05, 0.1) is 11.6 Å². The van der Waals surface area contributed by atoms with Crippen LogP contribution in [-0.2, 0) is 0 Å². The zero-order valence-electron chi connectivity index (χ0n) is 17.1. The summed E-state index contributed by atoms with van der Waals surface area (Å²) in [4.78, 5) is 33.2. The lowest BCUT2D eigenvalue weighted by Gasteiger charge is -2.34. The lowest BCUT2D eigenvalue weighted by Crippen LogP contribution is -2.48. The monoisotopic (exact) mass is 400 g/mol. The van der Waals surface area contributed by atoms with Crippen LogP contribution >= 0.6 is 0 Å². The van der Waals surface area contributed by atoms with Crippen LogP contribution in [-0.4, -0.2) is 49.4 Å². The first-order chi connectivity index (χ1) is 14.6. The molecule has 3 aromatic heterocycles. The number of nitrogens with zero attached hydrogens (tertiary/aromatic N) is 5. The highest BCUT2D eigenvalue weighted by Crippen LogP contribution is 2.40. The van der Waals surface area contributed by atoms with E-state index in [2.05, 4.69) is 25.3 Å². The van der Waals surface area contributed by atoms with Crippen LogP contribution in [0.3, 0.4) is 0 Å². The number of piperidine rings is 1. The molecule has 5 rings (SSSR count). The largest absolute Gasteiger partial charge is 0.365 e. The number of hydrogen-bond acceptors (Lipinski definition) is 6. The van der Waals surface area contributed by atoms with E-state index in [1.165, 1.54) is 0 Å². The van der Waals surface area contributed by atoms with Crippen LogP contribution in [0.5, 0.6) is 0 Å². The molecule has 2 aliphatic rings. The first-order valence-electron chi connectivity index (χ1n) is 10.3. The normalized spacial score (nSPS) is 22.3. The fourth-order valence-electron chi connectivity index (χ4n) is 4.64. The van der Waals surface area contributed by atoms with Gasteiger partial charge < -0.3 is 10.2 Å². The van der Waals surface area contributed by atoms with Crippen molar-refractivity contribution in [2.45, 2.75) is 38.8 Å². The third kappa shape index (κ3) is 3.40. The van der Waals surface area contributed by atoms with E-state index in [-0.39, 0.29) is 18.0 Å². The number of carbonyl (C=O) groups is 1. The summed E-state index contributed by atoms with van der Waals surface area (Å²) < 4.78 is 0. The minimum Gasteiger partial charge on any atom is -0.365 e. The quantitative estimate of drug-likeness (QED) is 0.724. The number of fused-ring (bicyclic) bond motifs is 2. The number of aromatic nitrogens is 4. The molecule has 0 spiro atoms. The second-order valence-corrected chi connectivity index (χ2v) is 8.32. The van der Waals surface area contributed by atoms with Crippen LogP contribution in [0, 0.1) is 19.8 Å². The Morgan fingerprint density at radius 3 is 2.57 bits per heavy atom. The van der Waals surface area contributed by atoms with Gasteiger partial charge in [0, 0.05) is 37.4 Å². The first-order valence-corrected chi connectivity index (χ1v) is 10.3. The van der Waals surface area contributed by atoms with Gasteiger partial charge in [0.25, 0.3) is 5.91 Å². The maximum Gasteiger partial charge on any atom is 0.273 e. The van der Waals surface area contributed by atoms with Gasteiger partial charge in [-0.15, -0.1) is 0 Å². The fourth-order valence-corrected chi connectivity index (χ4v) is 4.64. The summed E-state index contributed by atoms with van der Waals surface area (Å²) in [7, 11) is 0. The summed E-state index contributed by atoms with van der Waals surface area (Å²) in [6, 6.07) is 8.09. The van der Waals surface area contributed by atoms with Gasteiger partial charge in [-0.2, -0.15) is 0 Å². The van der Waals surface area contributed by atoms with Crippen LogP contribution in [0.4, 0.5) is 5.82 Å². The number of carbonyl (C=O) groups excluding carboxylic acids is 1. The molecular weight excluding hydrogens is 376 g/mol. The summed E-state index contributed by atoms with van der Waals surface area (Å²) >= 11 is 0. The van der Waals surface area contributed by atoms with Crippen LogP contribution in [0.2, 0.25) is 0 Å². The fraction of sp³-hybridized carbons (Fsp3) is 0.348. The van der Waals surface area contributed by atoms with Gasteiger partial charge in [-0.1, -0.05) is 6.07 Å². The third-order valence-corrected chi connectivity index (χ3v) is 6.02. The highest BCUT2D eigenvalue weighted by Gasteiger charge is 2.47. The Bertz CT molecular complexity index is 1070. The van der Waals surface area contributed by atoms with E-state index in [1.807, 2.05) is 43.1 Å². The van der Waals surface area contributed by atoms with E-state index in [9.17, 15) is 4.79 Å². The number of amides is 1. The number of pyridine rings is 2. The van der Waals surface area contributed by atoms with Gasteiger partial charge in [-0.25, -0.2) is 15.0 Å². The van der Waals surface area contributed by atoms with E-state index in [4.69, 9.17) is 0 Å². The smallest absolute Gasteiger partial charge is 0.273 e. The van der Waals surface area contributed by atoms with Crippen molar-refractivity contribution in [1.29, 1.82) is 0 Å². The summed E-state index contributed by atoms with van der Waals surface area (Å²) in [5.41, 5.74) is 3.22. The second-order valence-electron chi connectivity index (χ2n) is 8.32. The van der Waals surface area contributed by atoms with Crippen molar-refractivity contribution >= 4 is 11.7 Å². The topological polar surface area (TPSA) is 83.9 Å². The molecule has 7 heteroatoms. The third-order valence-electron chi connectivity index (χ3n) is 6.02. The highest BCUT2D eigenvalue weighted by molar-refractivity contribution is 5.98. The Balaban J connectivity index is 1.41. The summed E-state index contributed by atoms with van der Waals surface area (Å²) in [6.07, 6.45) is 9.04. The minimum absolute atomic E-state index is 0.0479. The second kappa shape index (κ2) is 7.48. The van der Waals surface area contributed by atoms with Crippen molar-refractivity contribution in [2.24, 2.45) is 5.92 Å². The van der Waals surface area contributed by atoms with Gasteiger partial charge in [-0.3, -0.25) is 9.78 Å². The molecule has 1 saturated carbocycles. The maximum absolute atomic E-state index is 13.5. The average molecular weight is 400 g/mol. The molecule has 3 atom stereocenters. The molecule has 2 bridgehead atoms. The van der Waals surface area contributed by atoms with Crippen LogP contribution in [0.1, 0.15) is 34.5 Å². The van der Waals surface area contributed by atoms with E-state index >= 15 is 0 Å². The number of likely N-dealkylation sites (tertiary alicyclic amines) is 1. The van der Waals surface area contributed by atoms with Crippen LogP contribution in [0.25, 0.3) is 11.4 Å². The summed E-state index contributed by atoms with van der Waals surface area (Å²) in [6.45, 7) is 4.75. The van der Waals surface area contributed by atoms with E-state index in [1.54, 1.807) is 24.7 Å². The number of anilines is 1. The predicted molar refractivity (Wildman–Crippen MR) is 114 cm³/mol. The molecule has 3 aromatic rings. The van der Waals surface area contributed by atoms with Gasteiger partial charge in [0.15, 0.2) is 5.82 Å². The zero-order valence-corrected chi connectivity index (χ0v) is 17.1. The van der Waals surface area contributed by atoms with Gasteiger partial charge >= 0.3 is 0 Å². The summed E-state index contributed by atoms with van der Waals surface area (Å²) in [5.74, 6) is 1.84. The van der Waals surface area contributed by atoms with Crippen molar-refractivity contribution in [3.63, 3.8) is 0 Å². The molecular formula is C23H24N6O. The molecule has 152 valence electrons. The zero-order chi connectivity index (χ0) is 20.7. The van der Waals surface area contributed by atoms with E-state index in [0.29, 0.717) is 23.0 Å². The van der Waals surface area contributed by atoms with Crippen molar-refractivity contribution in [3.05, 3.63) is 65.9 Å².